The van der Waals surface area contributed by atoms with Crippen molar-refractivity contribution in [3.63, 3.8) is 0 Å². The van der Waals surface area contributed by atoms with Gasteiger partial charge in [-0.05, 0) is 43.4 Å². The normalized spacial score (nSPS) is 19.0. The van der Waals surface area contributed by atoms with Gasteiger partial charge in [-0.25, -0.2) is 0 Å². The highest BCUT2D eigenvalue weighted by molar-refractivity contribution is 6.33. The molecule has 1 saturated heterocycles. The summed E-state index contributed by atoms with van der Waals surface area (Å²) in [5.74, 6) is 0.448. The molecule has 100 valence electrons. The molecule has 1 heterocycles. The number of hydrogen-bond acceptors (Lipinski definition) is 3. The predicted molar refractivity (Wildman–Crippen MR) is 76.1 cm³/mol. The molecule has 1 atom stereocenters. The largest absolute Gasteiger partial charge is 0.396 e. The van der Waals surface area contributed by atoms with E-state index in [1.54, 1.807) is 0 Å². The first kappa shape index (κ1) is 13.7. The maximum absolute atomic E-state index is 9.14. The van der Waals surface area contributed by atoms with E-state index in [-0.39, 0.29) is 6.04 Å². The second kappa shape index (κ2) is 5.91. The molecule has 0 aromatic heterocycles. The number of benzene rings is 1. The van der Waals surface area contributed by atoms with Crippen LogP contribution in [0.3, 0.4) is 0 Å². The van der Waals surface area contributed by atoms with Gasteiger partial charge >= 0.3 is 0 Å². The zero-order valence-corrected chi connectivity index (χ0v) is 11.5. The van der Waals surface area contributed by atoms with Crippen molar-refractivity contribution in [3.8, 4) is 0 Å². The number of anilines is 1. The molecule has 1 aromatic carbocycles. The van der Waals surface area contributed by atoms with Crippen LogP contribution in [0, 0.1) is 5.92 Å². The molecule has 4 heteroatoms. The third-order valence-electron chi connectivity index (χ3n) is 3.71. The van der Waals surface area contributed by atoms with Crippen LogP contribution in [0.5, 0.6) is 0 Å². The van der Waals surface area contributed by atoms with Crippen molar-refractivity contribution in [2.75, 3.05) is 24.6 Å². The summed E-state index contributed by atoms with van der Waals surface area (Å²) in [5, 5.41) is 9.91. The summed E-state index contributed by atoms with van der Waals surface area (Å²) in [6.45, 7) is 4.17. The number of nitrogens with two attached hydrogens (primary N) is 1. The first-order valence-electron chi connectivity index (χ1n) is 6.52. The number of piperidine rings is 1. The second-order valence-corrected chi connectivity index (χ2v) is 5.52. The highest BCUT2D eigenvalue weighted by atomic mass is 35.5. The fourth-order valence-corrected chi connectivity index (χ4v) is 2.73. The van der Waals surface area contributed by atoms with Crippen LogP contribution in [0.2, 0.25) is 5.02 Å². The van der Waals surface area contributed by atoms with Gasteiger partial charge in [0.05, 0.1) is 10.7 Å². The van der Waals surface area contributed by atoms with Crippen LogP contribution in [0.4, 0.5) is 5.69 Å². The Labute approximate surface area is 114 Å². The van der Waals surface area contributed by atoms with Crippen molar-refractivity contribution >= 4 is 17.3 Å². The Kier molecular flexibility index (Phi) is 4.49. The molecule has 0 unspecified atom stereocenters. The molecule has 0 radical (unpaired) electrons. The lowest BCUT2D eigenvalue weighted by Gasteiger charge is -2.33. The highest BCUT2D eigenvalue weighted by Gasteiger charge is 2.20. The Bertz CT molecular complexity index is 401. The minimum Gasteiger partial charge on any atom is -0.396 e. The Morgan fingerprint density at radius 1 is 1.44 bits per heavy atom. The van der Waals surface area contributed by atoms with Gasteiger partial charge in [0.2, 0.25) is 0 Å². The maximum atomic E-state index is 9.14. The fourth-order valence-electron chi connectivity index (χ4n) is 2.42. The van der Waals surface area contributed by atoms with Crippen LogP contribution < -0.4 is 10.6 Å². The molecule has 1 aromatic rings. The molecule has 0 saturated carbocycles. The first-order valence-corrected chi connectivity index (χ1v) is 6.90. The van der Waals surface area contributed by atoms with E-state index in [1.807, 2.05) is 19.1 Å². The van der Waals surface area contributed by atoms with Gasteiger partial charge in [0.25, 0.3) is 0 Å². The average molecular weight is 269 g/mol. The van der Waals surface area contributed by atoms with Crippen LogP contribution in [0.15, 0.2) is 18.2 Å². The van der Waals surface area contributed by atoms with Gasteiger partial charge in [-0.2, -0.15) is 0 Å². The smallest absolute Gasteiger partial charge is 0.0642 e. The third-order valence-corrected chi connectivity index (χ3v) is 4.01. The molecule has 2 rings (SSSR count). The Balaban J connectivity index is 2.10. The van der Waals surface area contributed by atoms with E-state index in [4.69, 9.17) is 22.4 Å². The highest BCUT2D eigenvalue weighted by Crippen LogP contribution is 2.31. The van der Waals surface area contributed by atoms with Crippen LogP contribution in [-0.2, 0) is 0 Å². The summed E-state index contributed by atoms with van der Waals surface area (Å²) in [5.41, 5.74) is 7.99. The first-order chi connectivity index (χ1) is 8.61. The molecule has 1 aliphatic rings. The SMILES string of the molecule is C[C@H](N)c1ccc(N2CCC(CO)CC2)c(Cl)c1. The molecule has 0 spiro atoms. The van der Waals surface area contributed by atoms with Crippen molar-refractivity contribution in [1.82, 2.24) is 0 Å². The van der Waals surface area contributed by atoms with Crippen LogP contribution in [0.25, 0.3) is 0 Å². The zero-order valence-electron chi connectivity index (χ0n) is 10.8. The van der Waals surface area contributed by atoms with E-state index in [0.29, 0.717) is 12.5 Å². The average Bonchev–Trinajstić information content (AvgIpc) is 2.38. The predicted octanol–water partition coefficient (Wildman–Crippen LogP) is 2.57. The summed E-state index contributed by atoms with van der Waals surface area (Å²) < 4.78 is 0. The molecule has 0 aliphatic carbocycles. The van der Waals surface area contributed by atoms with Gasteiger partial charge in [-0.1, -0.05) is 17.7 Å². The number of aliphatic hydroxyl groups is 1. The molecule has 3 nitrogen and oxygen atoms in total. The van der Waals surface area contributed by atoms with Gasteiger partial charge in [0, 0.05) is 25.7 Å². The van der Waals surface area contributed by atoms with Crippen molar-refractivity contribution in [1.29, 1.82) is 0 Å². The summed E-state index contributed by atoms with van der Waals surface area (Å²) in [6, 6.07) is 6.07. The Morgan fingerprint density at radius 2 is 2.11 bits per heavy atom. The molecule has 1 fully saturated rings. The van der Waals surface area contributed by atoms with E-state index >= 15 is 0 Å². The van der Waals surface area contributed by atoms with Gasteiger partial charge in [0.15, 0.2) is 0 Å². The minimum atomic E-state index is 0.0108. The molecule has 1 aliphatic heterocycles. The fraction of sp³-hybridized carbons (Fsp3) is 0.571. The van der Waals surface area contributed by atoms with Gasteiger partial charge < -0.3 is 15.7 Å². The standard InChI is InChI=1S/C14H21ClN2O/c1-10(16)12-2-3-14(13(15)8-12)17-6-4-11(9-18)5-7-17/h2-3,8,10-11,18H,4-7,9,16H2,1H3/t10-/m0/s1. The van der Waals surface area contributed by atoms with Crippen LogP contribution in [0.1, 0.15) is 31.4 Å². The van der Waals surface area contributed by atoms with E-state index in [9.17, 15) is 0 Å². The summed E-state index contributed by atoms with van der Waals surface area (Å²) >= 11 is 6.33. The Morgan fingerprint density at radius 3 is 2.61 bits per heavy atom. The quantitative estimate of drug-likeness (QED) is 0.886. The maximum Gasteiger partial charge on any atom is 0.0642 e. The molecule has 0 bridgehead atoms. The molecule has 18 heavy (non-hydrogen) atoms. The van der Waals surface area contributed by atoms with Crippen molar-refractivity contribution in [2.24, 2.45) is 11.7 Å². The second-order valence-electron chi connectivity index (χ2n) is 5.11. The molecule has 3 N–H and O–H groups in total. The van der Waals surface area contributed by atoms with Gasteiger partial charge in [-0.15, -0.1) is 0 Å². The number of nitrogens with zero attached hydrogens (tertiary/aromatic N) is 1. The number of halogens is 1. The Hall–Kier alpha value is -0.770. The lowest BCUT2D eigenvalue weighted by atomic mass is 9.97. The van der Waals surface area contributed by atoms with Gasteiger partial charge in [0.1, 0.15) is 0 Å². The van der Waals surface area contributed by atoms with E-state index < -0.39 is 0 Å². The zero-order chi connectivity index (χ0) is 13.1. The van der Waals surface area contributed by atoms with Crippen LogP contribution in [-0.4, -0.2) is 24.8 Å². The van der Waals surface area contributed by atoms with E-state index in [2.05, 4.69) is 11.0 Å². The van der Waals surface area contributed by atoms with E-state index in [0.717, 1.165) is 42.2 Å². The number of aliphatic hydroxyl groups excluding tert-OH is 1. The van der Waals surface area contributed by atoms with Gasteiger partial charge in [-0.3, -0.25) is 0 Å². The van der Waals surface area contributed by atoms with E-state index in [1.165, 1.54) is 0 Å². The topological polar surface area (TPSA) is 49.5 Å². The molecular formula is C14H21ClN2O. The lowest BCUT2D eigenvalue weighted by Crippen LogP contribution is -2.34. The van der Waals surface area contributed by atoms with Crippen molar-refractivity contribution < 1.29 is 5.11 Å². The monoisotopic (exact) mass is 268 g/mol. The molecule has 0 amide bonds. The third kappa shape index (κ3) is 2.97. The number of rotatable bonds is 3. The van der Waals surface area contributed by atoms with Crippen molar-refractivity contribution in [2.45, 2.75) is 25.8 Å². The van der Waals surface area contributed by atoms with Crippen molar-refractivity contribution in [3.05, 3.63) is 28.8 Å². The summed E-state index contributed by atoms with van der Waals surface area (Å²) in [7, 11) is 0. The lowest BCUT2D eigenvalue weighted by molar-refractivity contribution is 0.203. The summed E-state index contributed by atoms with van der Waals surface area (Å²) in [4.78, 5) is 2.29. The summed E-state index contributed by atoms with van der Waals surface area (Å²) in [6.07, 6.45) is 2.06. The van der Waals surface area contributed by atoms with Crippen LogP contribution >= 0.6 is 11.6 Å². The minimum absolute atomic E-state index is 0.0108. The number of hydrogen-bond donors (Lipinski definition) is 2. The molecular weight excluding hydrogens is 248 g/mol.